The third kappa shape index (κ3) is 7.76. The molecule has 2 fully saturated rings. The van der Waals surface area contributed by atoms with Gasteiger partial charge in [-0.1, -0.05) is 53.9 Å². The number of ether oxygens (including phenoxy) is 2. The van der Waals surface area contributed by atoms with Crippen molar-refractivity contribution in [2.24, 2.45) is 0 Å². The molecule has 2 aliphatic rings. The highest BCUT2D eigenvalue weighted by molar-refractivity contribution is 8.14. The number of carbonyl (C=O) groups is 4. The monoisotopic (exact) mass is 738 g/mol. The van der Waals surface area contributed by atoms with Crippen LogP contribution in [0.4, 0.5) is 11.8 Å². The Kier molecular flexibility index (Phi) is 11.3. The van der Waals surface area contributed by atoms with Gasteiger partial charge in [-0.15, -0.1) is 22.0 Å². The van der Waals surface area contributed by atoms with E-state index in [2.05, 4.69) is 15.5 Å². The molecule has 2 aliphatic heterocycles. The Morgan fingerprint density at radius 3 is 2.44 bits per heavy atom. The quantitative estimate of drug-likeness (QED) is 0.221. The number of methoxy groups -OCH3 is 2. The number of hydrogen-bond acceptors (Lipinski definition) is 15. The molecule has 50 heavy (non-hydrogen) atoms. The van der Waals surface area contributed by atoms with Crippen molar-refractivity contribution in [2.45, 2.75) is 17.7 Å². The van der Waals surface area contributed by atoms with Crippen LogP contribution in [0.15, 0.2) is 52.1 Å². The Balaban J connectivity index is 1.17. The van der Waals surface area contributed by atoms with Crippen LogP contribution in [0, 0.1) is 0 Å². The van der Waals surface area contributed by atoms with E-state index >= 15 is 0 Å². The second kappa shape index (κ2) is 16.0. The average Bonchev–Trinajstić information content (AvgIpc) is 3.85. The summed E-state index contributed by atoms with van der Waals surface area (Å²) >= 11 is 3.83. The number of fused-ring (bicyclic) bond motifs is 1. The Hall–Kier alpha value is -4.55. The molecule has 0 bridgehead atoms. The van der Waals surface area contributed by atoms with Crippen molar-refractivity contribution in [2.75, 3.05) is 74.3 Å². The highest BCUT2D eigenvalue weighted by Crippen LogP contribution is 2.36. The minimum Gasteiger partial charge on any atom is -0.493 e. The van der Waals surface area contributed by atoms with Gasteiger partial charge in [-0.2, -0.15) is 4.98 Å². The number of carbonyl (C=O) groups excluding carboxylic acids is 4. The topological polar surface area (TPSA) is 173 Å². The van der Waals surface area contributed by atoms with Crippen molar-refractivity contribution in [1.82, 2.24) is 30.0 Å². The molecule has 18 heteroatoms. The van der Waals surface area contributed by atoms with Gasteiger partial charge in [0.1, 0.15) is 11.9 Å². The molecule has 0 radical (unpaired) electrons. The molecule has 0 saturated carbocycles. The van der Waals surface area contributed by atoms with Crippen LogP contribution in [0.2, 0.25) is 0 Å². The summed E-state index contributed by atoms with van der Waals surface area (Å²) in [4.78, 5) is 67.1. The maximum absolute atomic E-state index is 13.8. The average molecular weight is 739 g/mol. The lowest BCUT2D eigenvalue weighted by molar-refractivity contribution is -0.135. The van der Waals surface area contributed by atoms with Crippen LogP contribution in [0.25, 0.3) is 10.9 Å². The molecular weight excluding hydrogens is 705 g/mol. The summed E-state index contributed by atoms with van der Waals surface area (Å²) in [6.07, 6.45) is 1.90. The van der Waals surface area contributed by atoms with Crippen LogP contribution < -0.4 is 19.7 Å². The number of rotatable bonds is 11. The van der Waals surface area contributed by atoms with E-state index in [4.69, 9.17) is 23.9 Å². The van der Waals surface area contributed by atoms with Crippen LogP contribution in [0.5, 0.6) is 11.5 Å². The SMILES string of the molecule is COc1cc2nc(N3CCN(C(=O)c4nnc(SC)o4)CC3)nc(NC(=O)C3CSCN3C(=O)CCSC(=O)c3ccccc3)c2cc1OC. The predicted molar refractivity (Wildman–Crippen MR) is 191 cm³/mol. The molecule has 1 unspecified atom stereocenters. The summed E-state index contributed by atoms with van der Waals surface area (Å²) in [5.74, 6) is 1.55. The fourth-order valence-electron chi connectivity index (χ4n) is 5.44. The first-order valence-corrected chi connectivity index (χ1v) is 18.9. The second-order valence-electron chi connectivity index (χ2n) is 11.1. The van der Waals surface area contributed by atoms with Gasteiger partial charge in [0.2, 0.25) is 22.9 Å². The van der Waals surface area contributed by atoms with Gasteiger partial charge >= 0.3 is 11.8 Å². The maximum atomic E-state index is 13.8. The molecule has 2 aromatic heterocycles. The van der Waals surface area contributed by atoms with Crippen LogP contribution in [0.3, 0.4) is 0 Å². The first kappa shape index (κ1) is 35.3. The number of hydrogen-bond donors (Lipinski definition) is 1. The first-order chi connectivity index (χ1) is 24.3. The lowest BCUT2D eigenvalue weighted by Crippen LogP contribution is -2.49. The number of anilines is 2. The van der Waals surface area contributed by atoms with Crippen molar-refractivity contribution < 1.29 is 33.1 Å². The Bertz CT molecular complexity index is 1890. The van der Waals surface area contributed by atoms with E-state index in [0.29, 0.717) is 82.7 Å². The molecule has 4 aromatic rings. The molecule has 3 amide bonds. The van der Waals surface area contributed by atoms with E-state index in [1.807, 2.05) is 11.0 Å². The van der Waals surface area contributed by atoms with Gasteiger partial charge in [0.15, 0.2) is 11.5 Å². The molecule has 262 valence electrons. The van der Waals surface area contributed by atoms with Gasteiger partial charge in [-0.3, -0.25) is 19.2 Å². The zero-order chi connectivity index (χ0) is 35.2. The van der Waals surface area contributed by atoms with Gasteiger partial charge in [-0.25, -0.2) is 4.98 Å². The minimum atomic E-state index is -0.734. The van der Waals surface area contributed by atoms with Crippen LogP contribution in [-0.2, 0) is 9.59 Å². The summed E-state index contributed by atoms with van der Waals surface area (Å²) in [5, 5.41) is 11.4. The molecule has 0 aliphatic carbocycles. The van der Waals surface area contributed by atoms with Gasteiger partial charge in [0.05, 0.1) is 25.6 Å². The van der Waals surface area contributed by atoms with Crippen LogP contribution in [0.1, 0.15) is 27.5 Å². The highest BCUT2D eigenvalue weighted by Gasteiger charge is 2.35. The third-order valence-corrected chi connectivity index (χ3v) is 10.5. The van der Waals surface area contributed by atoms with E-state index in [0.717, 1.165) is 11.8 Å². The molecule has 1 atom stereocenters. The zero-order valence-corrected chi connectivity index (χ0v) is 29.9. The number of thioether (sulfide) groups is 3. The van der Waals surface area contributed by atoms with Crippen molar-refractivity contribution in [3.63, 3.8) is 0 Å². The lowest BCUT2D eigenvalue weighted by atomic mass is 10.2. The number of piperazine rings is 1. The molecule has 6 rings (SSSR count). The van der Waals surface area contributed by atoms with E-state index in [1.165, 1.54) is 37.7 Å². The zero-order valence-electron chi connectivity index (χ0n) is 27.5. The smallest absolute Gasteiger partial charge is 0.311 e. The molecule has 1 N–H and O–H groups in total. The van der Waals surface area contributed by atoms with Gasteiger partial charge in [-0.05, 0) is 12.3 Å². The van der Waals surface area contributed by atoms with Crippen LogP contribution in [-0.4, -0.2) is 123 Å². The minimum absolute atomic E-state index is 0.0622. The Morgan fingerprint density at radius 1 is 1.00 bits per heavy atom. The van der Waals surface area contributed by atoms with E-state index < -0.39 is 11.9 Å². The first-order valence-electron chi connectivity index (χ1n) is 15.5. The summed E-state index contributed by atoms with van der Waals surface area (Å²) in [5.41, 5.74) is 1.08. The number of aromatic nitrogens is 4. The molecule has 15 nitrogen and oxygen atoms in total. The largest absolute Gasteiger partial charge is 0.493 e. The van der Waals surface area contributed by atoms with Crippen molar-refractivity contribution in [3.05, 3.63) is 53.9 Å². The van der Waals surface area contributed by atoms with E-state index in [-0.39, 0.29) is 35.1 Å². The third-order valence-electron chi connectivity index (χ3n) is 8.11. The molecule has 2 saturated heterocycles. The number of nitrogens with zero attached hydrogens (tertiary/aromatic N) is 7. The second-order valence-corrected chi connectivity index (χ2v) is 13.9. The number of amides is 3. The maximum Gasteiger partial charge on any atom is 0.311 e. The van der Waals surface area contributed by atoms with Crippen LogP contribution >= 0.6 is 35.3 Å². The number of benzene rings is 2. The Labute approximate surface area is 300 Å². The molecule has 0 spiro atoms. The predicted octanol–water partition coefficient (Wildman–Crippen LogP) is 3.52. The fourth-order valence-corrected chi connectivity index (χ4v) is 7.67. The standard InChI is InChI=1S/C32H34N8O7S3/c1-45-23-15-20-21(16-24(23)46-2)33-31(39-12-10-38(11-13-39)29(43)28-36-37-32(47-28)48-3)35-26(20)34-27(42)22-17-49-18-40(22)25(41)9-14-50-30(44)19-7-5-4-6-8-19/h4-8,15-16,22H,9-14,17-18H2,1-3H3,(H,33,34,35,42). The van der Waals surface area contributed by atoms with Gasteiger partial charge in [0, 0.05) is 61.1 Å². The summed E-state index contributed by atoms with van der Waals surface area (Å²) in [6.45, 7) is 1.54. The van der Waals surface area contributed by atoms with Crippen molar-refractivity contribution >= 4 is 80.8 Å². The van der Waals surface area contributed by atoms with Gasteiger partial charge < -0.3 is 33.9 Å². The molecular formula is C32H34N8O7S3. The van der Waals surface area contributed by atoms with Gasteiger partial charge in [0.25, 0.3) is 5.22 Å². The molecule has 4 heterocycles. The summed E-state index contributed by atoms with van der Waals surface area (Å²) in [6, 6.07) is 11.6. The van der Waals surface area contributed by atoms with Crippen molar-refractivity contribution in [3.8, 4) is 11.5 Å². The highest BCUT2D eigenvalue weighted by atomic mass is 32.2. The lowest BCUT2D eigenvalue weighted by Gasteiger charge is -2.34. The van der Waals surface area contributed by atoms with E-state index in [9.17, 15) is 19.2 Å². The van der Waals surface area contributed by atoms with Crippen molar-refractivity contribution in [1.29, 1.82) is 0 Å². The normalized spacial score (nSPS) is 16.1. The number of nitrogens with one attached hydrogen (secondary N) is 1. The fraction of sp³-hybridized carbons (Fsp3) is 0.375. The molecule has 2 aromatic carbocycles. The Morgan fingerprint density at radius 2 is 1.74 bits per heavy atom. The summed E-state index contributed by atoms with van der Waals surface area (Å²) < 4.78 is 16.5. The summed E-state index contributed by atoms with van der Waals surface area (Å²) in [7, 11) is 3.04. The van der Waals surface area contributed by atoms with E-state index in [1.54, 1.807) is 52.5 Å².